The Morgan fingerprint density at radius 2 is 1.74 bits per heavy atom. The predicted octanol–water partition coefficient (Wildman–Crippen LogP) is 3.22. The standard InChI is InChI=1S/C24H21F3N6O2/c1-24(28)12-32(13-24)22-21(27)20(9-10-29-22)35-16-7-5-15(6-8-16)33-23(34)31(14-30-33)11-17-18(25)3-2-4-19(17)26/h2-10,14H,11-13,28H2,1H3. The monoisotopic (exact) mass is 482 g/mol. The molecule has 3 heterocycles. The first-order valence-electron chi connectivity index (χ1n) is 10.8. The van der Waals surface area contributed by atoms with Gasteiger partial charge in [0, 0.05) is 36.5 Å². The van der Waals surface area contributed by atoms with E-state index in [-0.39, 0.29) is 29.2 Å². The van der Waals surface area contributed by atoms with Crippen molar-refractivity contribution in [3.63, 3.8) is 0 Å². The largest absolute Gasteiger partial charge is 0.454 e. The van der Waals surface area contributed by atoms with Gasteiger partial charge < -0.3 is 15.4 Å². The molecule has 35 heavy (non-hydrogen) atoms. The normalized spacial score (nSPS) is 14.6. The van der Waals surface area contributed by atoms with E-state index in [0.717, 1.165) is 21.4 Å². The molecule has 1 fully saturated rings. The maximum Gasteiger partial charge on any atom is 0.350 e. The fourth-order valence-corrected chi connectivity index (χ4v) is 3.95. The van der Waals surface area contributed by atoms with Crippen LogP contribution in [0.15, 0.2) is 65.8 Å². The molecule has 8 nitrogen and oxygen atoms in total. The molecule has 4 aromatic rings. The summed E-state index contributed by atoms with van der Waals surface area (Å²) in [5, 5.41) is 4.03. The fourth-order valence-electron chi connectivity index (χ4n) is 3.95. The van der Waals surface area contributed by atoms with E-state index in [0.29, 0.717) is 24.5 Å². The van der Waals surface area contributed by atoms with E-state index in [1.807, 2.05) is 6.92 Å². The van der Waals surface area contributed by atoms with Crippen molar-refractivity contribution in [3.05, 3.63) is 94.6 Å². The van der Waals surface area contributed by atoms with Gasteiger partial charge in [-0.05, 0) is 43.3 Å². The third kappa shape index (κ3) is 4.37. The Kier molecular flexibility index (Phi) is 5.56. The van der Waals surface area contributed by atoms with Crippen LogP contribution in [0, 0.1) is 17.5 Å². The maximum absolute atomic E-state index is 14.9. The van der Waals surface area contributed by atoms with Gasteiger partial charge in [-0.1, -0.05) is 6.07 Å². The van der Waals surface area contributed by atoms with Crippen LogP contribution in [0.2, 0.25) is 0 Å². The lowest BCUT2D eigenvalue weighted by atomic mass is 9.94. The van der Waals surface area contributed by atoms with Gasteiger partial charge >= 0.3 is 5.69 Å². The average molecular weight is 482 g/mol. The van der Waals surface area contributed by atoms with Crippen LogP contribution >= 0.6 is 0 Å². The summed E-state index contributed by atoms with van der Waals surface area (Å²) < 4.78 is 50.7. The summed E-state index contributed by atoms with van der Waals surface area (Å²) in [6, 6.07) is 11.2. The van der Waals surface area contributed by atoms with Gasteiger partial charge in [0.25, 0.3) is 0 Å². The lowest BCUT2D eigenvalue weighted by Crippen LogP contribution is -2.66. The van der Waals surface area contributed by atoms with Crippen molar-refractivity contribution in [2.24, 2.45) is 5.73 Å². The van der Waals surface area contributed by atoms with E-state index in [1.165, 1.54) is 24.7 Å². The van der Waals surface area contributed by atoms with E-state index in [1.54, 1.807) is 29.2 Å². The van der Waals surface area contributed by atoms with E-state index in [4.69, 9.17) is 10.5 Å². The number of rotatable bonds is 6. The molecule has 0 atom stereocenters. The molecule has 11 heteroatoms. The van der Waals surface area contributed by atoms with Gasteiger partial charge in [0.1, 0.15) is 23.7 Å². The first kappa shape index (κ1) is 22.7. The minimum absolute atomic E-state index is 0.00161. The highest BCUT2D eigenvalue weighted by Gasteiger charge is 2.37. The molecule has 0 bridgehead atoms. The molecule has 1 aliphatic heterocycles. The molecule has 0 unspecified atom stereocenters. The smallest absolute Gasteiger partial charge is 0.350 e. The molecule has 1 aliphatic rings. The zero-order valence-electron chi connectivity index (χ0n) is 18.7. The molecule has 2 aromatic heterocycles. The van der Waals surface area contributed by atoms with E-state index < -0.39 is 23.1 Å². The lowest BCUT2D eigenvalue weighted by Gasteiger charge is -2.46. The van der Waals surface area contributed by atoms with Gasteiger partial charge in [-0.25, -0.2) is 18.6 Å². The van der Waals surface area contributed by atoms with Crippen molar-refractivity contribution in [1.82, 2.24) is 19.3 Å². The Hall–Kier alpha value is -4.12. The number of anilines is 1. The van der Waals surface area contributed by atoms with Gasteiger partial charge in [-0.2, -0.15) is 14.2 Å². The van der Waals surface area contributed by atoms with Crippen molar-refractivity contribution in [2.45, 2.75) is 19.0 Å². The second-order valence-electron chi connectivity index (χ2n) is 8.71. The highest BCUT2D eigenvalue weighted by Crippen LogP contribution is 2.33. The van der Waals surface area contributed by atoms with Gasteiger partial charge in [-0.3, -0.25) is 4.57 Å². The topological polar surface area (TPSA) is 91.2 Å². The predicted molar refractivity (Wildman–Crippen MR) is 122 cm³/mol. The maximum atomic E-state index is 14.9. The van der Waals surface area contributed by atoms with Crippen LogP contribution in [-0.4, -0.2) is 38.0 Å². The second kappa shape index (κ2) is 8.58. The van der Waals surface area contributed by atoms with Crippen molar-refractivity contribution in [2.75, 3.05) is 18.0 Å². The highest BCUT2D eigenvalue weighted by atomic mass is 19.1. The molecule has 180 valence electrons. The summed E-state index contributed by atoms with van der Waals surface area (Å²) in [4.78, 5) is 18.5. The Morgan fingerprint density at radius 1 is 1.06 bits per heavy atom. The zero-order valence-corrected chi connectivity index (χ0v) is 18.7. The van der Waals surface area contributed by atoms with Crippen LogP contribution in [0.25, 0.3) is 5.69 Å². The van der Waals surface area contributed by atoms with Crippen LogP contribution in [0.1, 0.15) is 12.5 Å². The highest BCUT2D eigenvalue weighted by molar-refractivity contribution is 5.51. The number of aromatic nitrogens is 4. The van der Waals surface area contributed by atoms with E-state index in [9.17, 15) is 18.0 Å². The molecule has 0 amide bonds. The minimum Gasteiger partial charge on any atom is -0.454 e. The van der Waals surface area contributed by atoms with Gasteiger partial charge in [-0.15, -0.1) is 0 Å². The lowest BCUT2D eigenvalue weighted by molar-refractivity contribution is 0.355. The van der Waals surface area contributed by atoms with Crippen LogP contribution in [0.5, 0.6) is 11.5 Å². The number of halogens is 3. The number of nitrogens with zero attached hydrogens (tertiary/aromatic N) is 5. The van der Waals surface area contributed by atoms with E-state index in [2.05, 4.69) is 10.1 Å². The summed E-state index contributed by atoms with van der Waals surface area (Å²) in [5.74, 6) is -1.58. The fraction of sp³-hybridized carbons (Fsp3) is 0.208. The number of hydrogen-bond donors (Lipinski definition) is 1. The summed E-state index contributed by atoms with van der Waals surface area (Å²) in [6.45, 7) is 2.55. The third-order valence-electron chi connectivity index (χ3n) is 5.67. The van der Waals surface area contributed by atoms with Crippen LogP contribution in [0.4, 0.5) is 19.0 Å². The van der Waals surface area contributed by atoms with Gasteiger partial charge in [0.2, 0.25) is 5.82 Å². The van der Waals surface area contributed by atoms with Crippen LogP contribution in [0.3, 0.4) is 0 Å². The van der Waals surface area contributed by atoms with Gasteiger partial charge in [0.05, 0.1) is 12.2 Å². The third-order valence-corrected chi connectivity index (χ3v) is 5.67. The summed E-state index contributed by atoms with van der Waals surface area (Å²) in [5.41, 5.74) is 5.21. The molecule has 5 rings (SSSR count). The average Bonchev–Trinajstić information content (AvgIpc) is 3.17. The van der Waals surface area contributed by atoms with Crippen molar-refractivity contribution >= 4 is 5.82 Å². The molecule has 2 N–H and O–H groups in total. The molecular formula is C24H21F3N6O2. The Balaban J connectivity index is 1.33. The minimum atomic E-state index is -0.746. The van der Waals surface area contributed by atoms with Crippen molar-refractivity contribution in [3.8, 4) is 17.2 Å². The van der Waals surface area contributed by atoms with Gasteiger partial charge in [0.15, 0.2) is 11.6 Å². The number of benzene rings is 2. The SMILES string of the molecule is CC1(N)CN(c2nccc(Oc3ccc(-n4ncn(Cc5c(F)cccc5F)c4=O)cc3)c2F)C1. The molecule has 1 saturated heterocycles. The molecule has 0 aliphatic carbocycles. The van der Waals surface area contributed by atoms with Crippen LogP contribution < -0.4 is 21.1 Å². The summed E-state index contributed by atoms with van der Waals surface area (Å²) in [6.07, 6.45) is 2.66. The summed E-state index contributed by atoms with van der Waals surface area (Å²) >= 11 is 0. The molecule has 0 saturated carbocycles. The molecular weight excluding hydrogens is 461 g/mol. The molecule has 0 spiro atoms. The van der Waals surface area contributed by atoms with Crippen LogP contribution in [-0.2, 0) is 6.54 Å². The summed E-state index contributed by atoms with van der Waals surface area (Å²) in [7, 11) is 0. The first-order valence-corrected chi connectivity index (χ1v) is 10.8. The Bertz CT molecular complexity index is 1420. The molecule has 0 radical (unpaired) electrons. The zero-order chi connectivity index (χ0) is 24.7. The Morgan fingerprint density at radius 3 is 2.40 bits per heavy atom. The first-order chi connectivity index (χ1) is 16.7. The number of nitrogens with two attached hydrogens (primary N) is 1. The molecule has 2 aromatic carbocycles. The quantitative estimate of drug-likeness (QED) is 0.454. The Labute approximate surface area is 198 Å². The van der Waals surface area contributed by atoms with Crippen molar-refractivity contribution < 1.29 is 17.9 Å². The second-order valence-corrected chi connectivity index (χ2v) is 8.71. The van der Waals surface area contributed by atoms with E-state index >= 15 is 0 Å². The van der Waals surface area contributed by atoms with Crippen molar-refractivity contribution in [1.29, 1.82) is 0 Å². The number of pyridine rings is 1. The number of ether oxygens (including phenoxy) is 1. The number of hydrogen-bond acceptors (Lipinski definition) is 6.